The van der Waals surface area contributed by atoms with Crippen molar-refractivity contribution < 1.29 is 23.9 Å². The highest BCUT2D eigenvalue weighted by atomic mass is 16.5. The Kier molecular flexibility index (Phi) is 10.1. The zero-order valence-electron chi connectivity index (χ0n) is 17.2. The summed E-state index contributed by atoms with van der Waals surface area (Å²) in [6.45, 7) is 7.40. The van der Waals surface area contributed by atoms with Crippen LogP contribution in [0.3, 0.4) is 0 Å². The number of allylic oxidation sites excluding steroid dienone is 2. The minimum absolute atomic E-state index is 0.00540. The van der Waals surface area contributed by atoms with E-state index in [0.29, 0.717) is 18.4 Å². The summed E-state index contributed by atoms with van der Waals surface area (Å²) in [7, 11) is 0. The van der Waals surface area contributed by atoms with Crippen LogP contribution in [0.4, 0.5) is 0 Å². The maximum absolute atomic E-state index is 12.8. The Morgan fingerprint density at radius 3 is 2.21 bits per heavy atom. The van der Waals surface area contributed by atoms with E-state index in [1.54, 1.807) is 38.1 Å². The van der Waals surface area contributed by atoms with E-state index in [2.05, 4.69) is 0 Å². The number of ketones is 3. The molecule has 28 heavy (non-hydrogen) atoms. The summed E-state index contributed by atoms with van der Waals surface area (Å²) in [5.41, 5.74) is 1.25. The lowest BCUT2D eigenvalue weighted by atomic mass is 9.82. The smallest absolute Gasteiger partial charge is 0.375 e. The Morgan fingerprint density at radius 2 is 1.68 bits per heavy atom. The normalized spacial score (nSPS) is 12.6. The zero-order valence-corrected chi connectivity index (χ0v) is 17.2. The van der Waals surface area contributed by atoms with E-state index in [9.17, 15) is 19.2 Å². The van der Waals surface area contributed by atoms with Gasteiger partial charge in [-0.2, -0.15) is 0 Å². The van der Waals surface area contributed by atoms with Gasteiger partial charge in [-0.3, -0.25) is 14.4 Å². The van der Waals surface area contributed by atoms with Crippen LogP contribution in [0.1, 0.15) is 63.7 Å². The summed E-state index contributed by atoms with van der Waals surface area (Å²) in [5.74, 6) is -4.22. The van der Waals surface area contributed by atoms with E-state index < -0.39 is 29.4 Å². The number of hydrogen-bond acceptors (Lipinski definition) is 5. The van der Waals surface area contributed by atoms with Crippen LogP contribution in [-0.2, 0) is 19.1 Å². The van der Waals surface area contributed by atoms with Crippen molar-refractivity contribution in [1.29, 1.82) is 0 Å². The van der Waals surface area contributed by atoms with Gasteiger partial charge in [0.25, 0.3) is 5.78 Å². The first-order chi connectivity index (χ1) is 13.3. The van der Waals surface area contributed by atoms with Crippen molar-refractivity contribution in [2.45, 2.75) is 53.4 Å². The minimum Gasteiger partial charge on any atom is -0.460 e. The van der Waals surface area contributed by atoms with Crippen molar-refractivity contribution in [3.63, 3.8) is 0 Å². The van der Waals surface area contributed by atoms with Gasteiger partial charge in [-0.1, -0.05) is 56.2 Å². The first-order valence-corrected chi connectivity index (χ1v) is 9.80. The second kappa shape index (κ2) is 12.0. The highest BCUT2D eigenvalue weighted by molar-refractivity contribution is 6.39. The highest BCUT2D eigenvalue weighted by Crippen LogP contribution is 2.23. The molecule has 0 bridgehead atoms. The maximum Gasteiger partial charge on any atom is 0.375 e. The molecule has 0 spiro atoms. The average Bonchev–Trinajstić information content (AvgIpc) is 2.68. The molecule has 5 heteroatoms. The quantitative estimate of drug-likeness (QED) is 0.133. The first-order valence-electron chi connectivity index (χ1n) is 9.80. The summed E-state index contributed by atoms with van der Waals surface area (Å²) >= 11 is 0. The molecule has 0 aliphatic carbocycles. The summed E-state index contributed by atoms with van der Waals surface area (Å²) < 4.78 is 4.99. The third-order valence-corrected chi connectivity index (χ3v) is 4.47. The largest absolute Gasteiger partial charge is 0.460 e. The standard InChI is InChI=1S/C23H30O5/c1-5-7-13-28-23(27)22(26)19(20(24)14-16(3)4)15-17(6-2)21(25)18-11-9-8-10-12-18/h8-12,14,17,19H,5-7,13,15H2,1-4H3/t17-,19+/m1/s1. The van der Waals surface area contributed by atoms with Gasteiger partial charge in [0.05, 0.1) is 12.5 Å². The van der Waals surface area contributed by atoms with Gasteiger partial charge in [-0.05, 0) is 39.2 Å². The lowest BCUT2D eigenvalue weighted by Crippen LogP contribution is -2.34. The average molecular weight is 386 g/mol. The molecular formula is C23H30O5. The van der Waals surface area contributed by atoms with Gasteiger partial charge in [0.2, 0.25) is 0 Å². The van der Waals surface area contributed by atoms with E-state index >= 15 is 0 Å². The fraction of sp³-hybridized carbons (Fsp3) is 0.478. The Morgan fingerprint density at radius 1 is 1.04 bits per heavy atom. The van der Waals surface area contributed by atoms with Gasteiger partial charge in [0, 0.05) is 11.5 Å². The summed E-state index contributed by atoms with van der Waals surface area (Å²) in [6, 6.07) is 8.76. The second-order valence-electron chi connectivity index (χ2n) is 7.10. The second-order valence-corrected chi connectivity index (χ2v) is 7.10. The van der Waals surface area contributed by atoms with Gasteiger partial charge in [0.15, 0.2) is 11.6 Å². The molecule has 5 nitrogen and oxygen atoms in total. The number of esters is 1. The highest BCUT2D eigenvalue weighted by Gasteiger charge is 2.35. The third kappa shape index (κ3) is 7.22. The fourth-order valence-corrected chi connectivity index (χ4v) is 2.84. The molecule has 0 fully saturated rings. The van der Waals surface area contributed by atoms with Gasteiger partial charge in [0.1, 0.15) is 0 Å². The van der Waals surface area contributed by atoms with Crippen LogP contribution in [0, 0.1) is 11.8 Å². The van der Waals surface area contributed by atoms with Crippen molar-refractivity contribution >= 4 is 23.3 Å². The van der Waals surface area contributed by atoms with Crippen molar-refractivity contribution in [3.05, 3.63) is 47.5 Å². The van der Waals surface area contributed by atoms with Crippen LogP contribution < -0.4 is 0 Å². The number of carbonyl (C=O) groups is 4. The molecule has 0 saturated heterocycles. The molecule has 0 amide bonds. The number of benzene rings is 1. The van der Waals surface area contributed by atoms with Crippen LogP contribution in [0.15, 0.2) is 42.0 Å². The molecule has 1 aromatic rings. The van der Waals surface area contributed by atoms with E-state index in [0.717, 1.165) is 12.0 Å². The summed E-state index contributed by atoms with van der Waals surface area (Å²) in [4.78, 5) is 50.2. The van der Waals surface area contributed by atoms with Crippen LogP contribution in [0.2, 0.25) is 0 Å². The number of Topliss-reactive ketones (excluding diaryl/α,β-unsaturated/α-hetero) is 2. The number of rotatable bonds is 12. The molecule has 0 radical (unpaired) electrons. The van der Waals surface area contributed by atoms with Crippen LogP contribution in [-0.4, -0.2) is 29.9 Å². The van der Waals surface area contributed by atoms with Crippen LogP contribution in [0.5, 0.6) is 0 Å². The van der Waals surface area contributed by atoms with E-state index in [4.69, 9.17) is 4.74 Å². The molecular weight excluding hydrogens is 356 g/mol. The zero-order chi connectivity index (χ0) is 21.1. The number of ether oxygens (including phenoxy) is 1. The van der Waals surface area contributed by atoms with E-state index in [1.807, 2.05) is 19.9 Å². The van der Waals surface area contributed by atoms with Gasteiger partial charge < -0.3 is 4.74 Å². The molecule has 0 saturated carbocycles. The minimum atomic E-state index is -1.21. The summed E-state index contributed by atoms with van der Waals surface area (Å²) in [5, 5.41) is 0. The maximum atomic E-state index is 12.8. The Bertz CT molecular complexity index is 714. The molecule has 0 aliphatic heterocycles. The van der Waals surface area contributed by atoms with Crippen LogP contribution in [0.25, 0.3) is 0 Å². The lowest BCUT2D eigenvalue weighted by molar-refractivity contribution is -0.157. The van der Waals surface area contributed by atoms with Gasteiger partial charge in [-0.15, -0.1) is 0 Å². The topological polar surface area (TPSA) is 77.5 Å². The predicted molar refractivity (Wildman–Crippen MR) is 108 cm³/mol. The Hall–Kier alpha value is -2.56. The summed E-state index contributed by atoms with van der Waals surface area (Å²) in [6.07, 6.45) is 3.28. The third-order valence-electron chi connectivity index (χ3n) is 4.47. The van der Waals surface area contributed by atoms with Crippen LogP contribution >= 0.6 is 0 Å². The Balaban J connectivity index is 3.04. The Labute approximate surface area is 167 Å². The number of hydrogen-bond donors (Lipinski definition) is 0. The molecule has 1 aromatic carbocycles. The van der Waals surface area contributed by atoms with Crippen molar-refractivity contribution in [2.24, 2.45) is 11.8 Å². The van der Waals surface area contributed by atoms with E-state index in [1.165, 1.54) is 6.08 Å². The number of unbranched alkanes of at least 4 members (excludes halogenated alkanes) is 1. The SMILES string of the molecule is CCCCOC(=O)C(=O)[C@@H](C[C@@H](CC)C(=O)c1ccccc1)C(=O)C=C(C)C. The van der Waals surface area contributed by atoms with Crippen molar-refractivity contribution in [3.8, 4) is 0 Å². The van der Waals surface area contributed by atoms with Crippen molar-refractivity contribution in [2.75, 3.05) is 6.61 Å². The monoisotopic (exact) mass is 386 g/mol. The first kappa shape index (κ1) is 23.5. The van der Waals surface area contributed by atoms with Gasteiger partial charge >= 0.3 is 5.97 Å². The fourth-order valence-electron chi connectivity index (χ4n) is 2.84. The predicted octanol–water partition coefficient (Wildman–Crippen LogP) is 4.35. The molecule has 0 heterocycles. The molecule has 1 rings (SSSR count). The van der Waals surface area contributed by atoms with E-state index in [-0.39, 0.29) is 18.8 Å². The number of carbonyl (C=O) groups excluding carboxylic acids is 4. The molecule has 152 valence electrons. The molecule has 0 aromatic heterocycles. The van der Waals surface area contributed by atoms with Crippen molar-refractivity contribution in [1.82, 2.24) is 0 Å². The molecule has 0 unspecified atom stereocenters. The van der Waals surface area contributed by atoms with Gasteiger partial charge in [-0.25, -0.2) is 4.79 Å². The lowest BCUT2D eigenvalue weighted by Gasteiger charge is -2.19. The molecule has 0 N–H and O–H groups in total. The molecule has 0 aliphatic rings. The molecule has 2 atom stereocenters.